The first-order valence-electron chi connectivity index (χ1n) is 5.99. The van der Waals surface area contributed by atoms with Crippen molar-refractivity contribution in [2.45, 2.75) is 17.4 Å². The van der Waals surface area contributed by atoms with Crippen LogP contribution in [-0.2, 0) is 4.79 Å². The topological polar surface area (TPSA) is 55.6 Å². The zero-order valence-corrected chi connectivity index (χ0v) is 11.3. The number of hydrogen-bond acceptors (Lipinski definition) is 4. The predicted molar refractivity (Wildman–Crippen MR) is 72.9 cm³/mol. The summed E-state index contributed by atoms with van der Waals surface area (Å²) >= 11 is 1.53. The number of likely N-dealkylation sites (tertiary alicyclic amines) is 1. The standard InChI is InChI=1S/C13H18N2O2S/c1-17-11-3-2-4-12(7-11)18-9-13(16)15-6-5-10(14)8-15/h2-4,7,10H,5-6,8-9,14H2,1H3/t10-/m1/s1. The van der Waals surface area contributed by atoms with Crippen LogP contribution < -0.4 is 10.5 Å². The summed E-state index contributed by atoms with van der Waals surface area (Å²) in [5, 5.41) is 0. The van der Waals surface area contributed by atoms with Crippen LogP contribution in [0.4, 0.5) is 0 Å². The van der Waals surface area contributed by atoms with E-state index in [1.165, 1.54) is 11.8 Å². The highest BCUT2D eigenvalue weighted by Crippen LogP contribution is 2.23. The number of methoxy groups -OCH3 is 1. The van der Waals surface area contributed by atoms with Gasteiger partial charge in [-0.25, -0.2) is 0 Å². The first-order chi connectivity index (χ1) is 8.69. The van der Waals surface area contributed by atoms with Gasteiger partial charge < -0.3 is 15.4 Å². The van der Waals surface area contributed by atoms with Gasteiger partial charge in [-0.05, 0) is 24.6 Å². The van der Waals surface area contributed by atoms with Gasteiger partial charge >= 0.3 is 0 Å². The molecule has 1 aliphatic heterocycles. The number of ether oxygens (including phenoxy) is 1. The van der Waals surface area contributed by atoms with Gasteiger partial charge in [-0.3, -0.25) is 4.79 Å². The number of nitrogens with two attached hydrogens (primary N) is 1. The predicted octanol–water partition coefficient (Wildman–Crippen LogP) is 1.35. The van der Waals surface area contributed by atoms with Crippen molar-refractivity contribution in [3.8, 4) is 5.75 Å². The van der Waals surface area contributed by atoms with Crippen LogP contribution in [0.1, 0.15) is 6.42 Å². The van der Waals surface area contributed by atoms with E-state index in [2.05, 4.69) is 0 Å². The first kappa shape index (κ1) is 13.2. The van der Waals surface area contributed by atoms with Crippen molar-refractivity contribution in [3.63, 3.8) is 0 Å². The third-order valence-corrected chi connectivity index (χ3v) is 3.96. The molecule has 0 aliphatic carbocycles. The van der Waals surface area contributed by atoms with E-state index in [4.69, 9.17) is 10.5 Å². The summed E-state index contributed by atoms with van der Waals surface area (Å²) in [6.07, 6.45) is 0.912. The average Bonchev–Trinajstić information content (AvgIpc) is 2.83. The highest BCUT2D eigenvalue weighted by molar-refractivity contribution is 8.00. The van der Waals surface area contributed by atoms with Crippen LogP contribution in [0, 0.1) is 0 Å². The number of amides is 1. The number of thioether (sulfide) groups is 1. The van der Waals surface area contributed by atoms with Gasteiger partial charge in [0.05, 0.1) is 12.9 Å². The van der Waals surface area contributed by atoms with Crippen LogP contribution in [0.2, 0.25) is 0 Å². The minimum atomic E-state index is 0.149. The normalized spacial score (nSPS) is 19.0. The second-order valence-electron chi connectivity index (χ2n) is 4.36. The summed E-state index contributed by atoms with van der Waals surface area (Å²) in [5.41, 5.74) is 5.79. The zero-order valence-electron chi connectivity index (χ0n) is 10.5. The minimum Gasteiger partial charge on any atom is -0.497 e. The van der Waals surface area contributed by atoms with E-state index in [0.29, 0.717) is 12.3 Å². The zero-order chi connectivity index (χ0) is 13.0. The molecule has 1 aromatic rings. The lowest BCUT2D eigenvalue weighted by Gasteiger charge is -2.15. The van der Waals surface area contributed by atoms with Gasteiger partial charge in [-0.1, -0.05) is 6.07 Å². The lowest BCUT2D eigenvalue weighted by atomic mass is 10.3. The number of carbonyl (C=O) groups is 1. The molecule has 1 heterocycles. The van der Waals surface area contributed by atoms with Crippen molar-refractivity contribution >= 4 is 17.7 Å². The van der Waals surface area contributed by atoms with E-state index in [1.807, 2.05) is 29.2 Å². The van der Waals surface area contributed by atoms with Crippen LogP contribution in [0.3, 0.4) is 0 Å². The fourth-order valence-corrected chi connectivity index (χ4v) is 2.79. The molecule has 1 atom stereocenters. The van der Waals surface area contributed by atoms with Crippen molar-refractivity contribution in [1.29, 1.82) is 0 Å². The number of rotatable bonds is 4. The second kappa shape index (κ2) is 6.11. The molecule has 0 unspecified atom stereocenters. The first-order valence-corrected chi connectivity index (χ1v) is 6.98. The molecule has 5 heteroatoms. The van der Waals surface area contributed by atoms with E-state index < -0.39 is 0 Å². The Morgan fingerprint density at radius 2 is 2.44 bits per heavy atom. The maximum absolute atomic E-state index is 11.9. The molecule has 98 valence electrons. The molecule has 1 aliphatic rings. The molecule has 2 N–H and O–H groups in total. The lowest BCUT2D eigenvalue weighted by molar-refractivity contribution is -0.127. The molecule has 0 radical (unpaired) electrons. The maximum Gasteiger partial charge on any atom is 0.232 e. The highest BCUT2D eigenvalue weighted by atomic mass is 32.2. The van der Waals surface area contributed by atoms with E-state index in [0.717, 1.165) is 23.6 Å². The van der Waals surface area contributed by atoms with E-state index in [1.54, 1.807) is 7.11 Å². The van der Waals surface area contributed by atoms with E-state index in [-0.39, 0.29) is 11.9 Å². The van der Waals surface area contributed by atoms with Crippen LogP contribution in [0.5, 0.6) is 5.75 Å². The van der Waals surface area contributed by atoms with Crippen LogP contribution >= 0.6 is 11.8 Å². The fourth-order valence-electron chi connectivity index (χ4n) is 1.94. The van der Waals surface area contributed by atoms with Gasteiger partial charge in [-0.2, -0.15) is 0 Å². The monoisotopic (exact) mass is 266 g/mol. The van der Waals surface area contributed by atoms with Crippen molar-refractivity contribution in [2.24, 2.45) is 5.73 Å². The van der Waals surface area contributed by atoms with Crippen LogP contribution in [0.15, 0.2) is 29.2 Å². The molecule has 1 aromatic carbocycles. The van der Waals surface area contributed by atoms with Gasteiger partial charge in [0.2, 0.25) is 5.91 Å². The van der Waals surface area contributed by atoms with Gasteiger partial charge in [0.25, 0.3) is 0 Å². The third-order valence-electron chi connectivity index (χ3n) is 2.98. The fraction of sp³-hybridized carbons (Fsp3) is 0.462. The molecule has 0 saturated carbocycles. The molecule has 0 bridgehead atoms. The lowest BCUT2D eigenvalue weighted by Crippen LogP contribution is -2.33. The van der Waals surface area contributed by atoms with Gasteiger partial charge in [0.1, 0.15) is 5.75 Å². The van der Waals surface area contributed by atoms with E-state index >= 15 is 0 Å². The number of hydrogen-bond donors (Lipinski definition) is 1. The number of carbonyl (C=O) groups excluding carboxylic acids is 1. The average molecular weight is 266 g/mol. The molecule has 0 spiro atoms. The summed E-state index contributed by atoms with van der Waals surface area (Å²) in [6.45, 7) is 1.48. The molecule has 1 fully saturated rings. The summed E-state index contributed by atoms with van der Waals surface area (Å²) in [5.74, 6) is 1.44. The number of benzene rings is 1. The second-order valence-corrected chi connectivity index (χ2v) is 5.40. The third kappa shape index (κ3) is 3.40. The highest BCUT2D eigenvalue weighted by Gasteiger charge is 2.23. The van der Waals surface area contributed by atoms with Crippen molar-refractivity contribution < 1.29 is 9.53 Å². The van der Waals surface area contributed by atoms with Crippen molar-refractivity contribution in [1.82, 2.24) is 4.90 Å². The number of nitrogens with zero attached hydrogens (tertiary/aromatic N) is 1. The summed E-state index contributed by atoms with van der Waals surface area (Å²) in [6, 6.07) is 7.89. The Hall–Kier alpha value is -1.20. The molecule has 0 aromatic heterocycles. The smallest absolute Gasteiger partial charge is 0.232 e. The molecule has 4 nitrogen and oxygen atoms in total. The largest absolute Gasteiger partial charge is 0.497 e. The Kier molecular flexibility index (Phi) is 4.49. The summed E-state index contributed by atoms with van der Waals surface area (Å²) in [4.78, 5) is 14.8. The van der Waals surface area contributed by atoms with Crippen LogP contribution in [0.25, 0.3) is 0 Å². The summed E-state index contributed by atoms with van der Waals surface area (Å²) < 4.78 is 5.15. The minimum absolute atomic E-state index is 0.149. The summed E-state index contributed by atoms with van der Waals surface area (Å²) in [7, 11) is 1.64. The Bertz CT molecular complexity index is 425. The molecule has 1 amide bonds. The Morgan fingerprint density at radius 1 is 1.61 bits per heavy atom. The van der Waals surface area contributed by atoms with Gasteiger partial charge in [0.15, 0.2) is 0 Å². The van der Waals surface area contributed by atoms with Crippen molar-refractivity contribution in [3.05, 3.63) is 24.3 Å². The molecule has 2 rings (SSSR count). The van der Waals surface area contributed by atoms with Gasteiger partial charge in [-0.15, -0.1) is 11.8 Å². The Balaban J connectivity index is 1.85. The van der Waals surface area contributed by atoms with Gasteiger partial charge in [0, 0.05) is 24.0 Å². The molecular formula is C13H18N2O2S. The van der Waals surface area contributed by atoms with E-state index in [9.17, 15) is 4.79 Å². The maximum atomic E-state index is 11.9. The Labute approximate surface area is 111 Å². The quantitative estimate of drug-likeness (QED) is 0.836. The SMILES string of the molecule is COc1cccc(SCC(=O)N2CC[C@@H](N)C2)c1. The molecular weight excluding hydrogens is 248 g/mol. The van der Waals surface area contributed by atoms with Crippen LogP contribution in [-0.4, -0.2) is 42.8 Å². The molecule has 1 saturated heterocycles. The molecule has 18 heavy (non-hydrogen) atoms. The van der Waals surface area contributed by atoms with Crippen molar-refractivity contribution in [2.75, 3.05) is 26.0 Å². The Morgan fingerprint density at radius 3 is 3.11 bits per heavy atom.